The molecule has 0 saturated heterocycles. The molecule has 0 atom stereocenters. The molecular formula is C12H17N3O2S. The molecule has 0 bridgehead atoms. The molecule has 0 spiro atoms. The van der Waals surface area contributed by atoms with Crippen LogP contribution < -0.4 is 16.2 Å². The number of thiocarbonyl (C=S) groups is 1. The summed E-state index contributed by atoms with van der Waals surface area (Å²) in [6.45, 7) is 6.05. The van der Waals surface area contributed by atoms with Crippen LogP contribution in [-0.4, -0.2) is 17.8 Å². The van der Waals surface area contributed by atoms with Crippen LogP contribution in [0.3, 0.4) is 0 Å². The monoisotopic (exact) mass is 267 g/mol. The molecule has 98 valence electrons. The quantitative estimate of drug-likeness (QED) is 0.566. The predicted molar refractivity (Wildman–Crippen MR) is 75.4 cm³/mol. The van der Waals surface area contributed by atoms with Gasteiger partial charge in [-0.25, -0.2) is 10.2 Å². The van der Waals surface area contributed by atoms with Gasteiger partial charge in [0.05, 0.1) is 6.61 Å². The van der Waals surface area contributed by atoms with Crippen LogP contribution in [0.25, 0.3) is 0 Å². The first kappa shape index (κ1) is 14.2. The minimum Gasteiger partial charge on any atom is -0.449 e. The largest absolute Gasteiger partial charge is 0.449 e. The lowest BCUT2D eigenvalue weighted by molar-refractivity contribution is 0.150. The van der Waals surface area contributed by atoms with E-state index in [2.05, 4.69) is 27.0 Å². The SMILES string of the molecule is CCOC(=O)NNC(=S)Nc1cc(C)cc(C)c1. The molecule has 1 amide bonds. The molecule has 0 aromatic heterocycles. The Morgan fingerprint density at radius 1 is 1.22 bits per heavy atom. The second-order valence-electron chi connectivity index (χ2n) is 3.80. The number of nitrogens with one attached hydrogen (secondary N) is 3. The highest BCUT2D eigenvalue weighted by Crippen LogP contribution is 2.13. The lowest BCUT2D eigenvalue weighted by atomic mass is 10.1. The van der Waals surface area contributed by atoms with E-state index in [0.717, 1.165) is 16.8 Å². The van der Waals surface area contributed by atoms with Crippen molar-refractivity contribution < 1.29 is 9.53 Å². The highest BCUT2D eigenvalue weighted by atomic mass is 32.1. The van der Waals surface area contributed by atoms with Crippen molar-refractivity contribution in [1.82, 2.24) is 10.9 Å². The first-order valence-electron chi connectivity index (χ1n) is 5.59. The number of aryl methyl sites for hydroxylation is 2. The van der Waals surface area contributed by atoms with Crippen LogP contribution >= 0.6 is 12.2 Å². The topological polar surface area (TPSA) is 62.4 Å². The van der Waals surface area contributed by atoms with E-state index in [-0.39, 0.29) is 0 Å². The first-order chi connectivity index (χ1) is 8.51. The van der Waals surface area contributed by atoms with Crippen molar-refractivity contribution in [2.45, 2.75) is 20.8 Å². The molecule has 5 nitrogen and oxygen atoms in total. The van der Waals surface area contributed by atoms with Crippen molar-refractivity contribution in [3.8, 4) is 0 Å². The van der Waals surface area contributed by atoms with Gasteiger partial charge in [0.15, 0.2) is 5.11 Å². The minimum absolute atomic E-state index is 0.299. The average molecular weight is 267 g/mol. The van der Waals surface area contributed by atoms with Gasteiger partial charge in [-0.2, -0.15) is 0 Å². The van der Waals surface area contributed by atoms with Crippen LogP contribution in [-0.2, 0) is 4.74 Å². The Morgan fingerprint density at radius 3 is 2.39 bits per heavy atom. The number of ether oxygens (including phenoxy) is 1. The summed E-state index contributed by atoms with van der Waals surface area (Å²) in [5.41, 5.74) is 8.01. The number of rotatable bonds is 2. The van der Waals surface area contributed by atoms with E-state index < -0.39 is 6.09 Å². The average Bonchev–Trinajstić information content (AvgIpc) is 2.25. The number of hydrazine groups is 1. The lowest BCUT2D eigenvalue weighted by Crippen LogP contribution is -2.44. The third kappa shape index (κ3) is 5.01. The molecule has 18 heavy (non-hydrogen) atoms. The molecule has 0 unspecified atom stereocenters. The Labute approximate surface area is 112 Å². The van der Waals surface area contributed by atoms with Gasteiger partial charge in [0.25, 0.3) is 0 Å². The molecule has 1 aromatic carbocycles. The Hall–Kier alpha value is -1.82. The highest BCUT2D eigenvalue weighted by Gasteiger charge is 2.02. The van der Waals surface area contributed by atoms with Gasteiger partial charge < -0.3 is 10.1 Å². The molecule has 0 saturated carbocycles. The first-order valence-corrected chi connectivity index (χ1v) is 6.00. The van der Waals surface area contributed by atoms with Gasteiger partial charge >= 0.3 is 6.09 Å². The number of anilines is 1. The van der Waals surface area contributed by atoms with Crippen LogP contribution in [0, 0.1) is 13.8 Å². The van der Waals surface area contributed by atoms with Crippen molar-refractivity contribution in [3.05, 3.63) is 29.3 Å². The molecule has 3 N–H and O–H groups in total. The molecule has 0 aliphatic carbocycles. The minimum atomic E-state index is -0.568. The van der Waals surface area contributed by atoms with Gasteiger partial charge in [-0.05, 0) is 56.2 Å². The lowest BCUT2D eigenvalue weighted by Gasteiger charge is -2.12. The second-order valence-corrected chi connectivity index (χ2v) is 4.21. The van der Waals surface area contributed by atoms with E-state index in [1.165, 1.54) is 0 Å². The van der Waals surface area contributed by atoms with Gasteiger partial charge in [-0.1, -0.05) is 6.07 Å². The number of benzene rings is 1. The van der Waals surface area contributed by atoms with Crippen LogP contribution in [0.4, 0.5) is 10.5 Å². The summed E-state index contributed by atoms with van der Waals surface area (Å²) in [7, 11) is 0. The molecule has 0 aliphatic rings. The maximum Gasteiger partial charge on any atom is 0.425 e. The van der Waals surface area contributed by atoms with Gasteiger partial charge in [0.2, 0.25) is 0 Å². The van der Waals surface area contributed by atoms with E-state index in [0.29, 0.717) is 11.7 Å². The normalized spacial score (nSPS) is 9.50. The van der Waals surface area contributed by atoms with Crippen molar-refractivity contribution in [1.29, 1.82) is 0 Å². The molecule has 0 heterocycles. The zero-order chi connectivity index (χ0) is 13.5. The molecule has 6 heteroatoms. The van der Waals surface area contributed by atoms with Crippen molar-refractivity contribution >= 4 is 29.1 Å². The van der Waals surface area contributed by atoms with E-state index in [1.807, 2.05) is 26.0 Å². The van der Waals surface area contributed by atoms with Crippen LogP contribution in [0.2, 0.25) is 0 Å². The Balaban J connectivity index is 2.47. The summed E-state index contributed by atoms with van der Waals surface area (Å²) in [6, 6.07) is 6.00. The zero-order valence-corrected chi connectivity index (χ0v) is 11.5. The molecule has 1 aromatic rings. The van der Waals surface area contributed by atoms with Crippen molar-refractivity contribution in [3.63, 3.8) is 0 Å². The molecule has 0 fully saturated rings. The summed E-state index contributed by atoms with van der Waals surface area (Å²) in [5.74, 6) is 0. The summed E-state index contributed by atoms with van der Waals surface area (Å²) >= 11 is 5.03. The Morgan fingerprint density at radius 2 is 1.83 bits per heavy atom. The fourth-order valence-electron chi connectivity index (χ4n) is 1.48. The molecule has 0 aliphatic heterocycles. The molecule has 1 rings (SSSR count). The third-order valence-corrected chi connectivity index (χ3v) is 2.24. The van der Waals surface area contributed by atoms with Gasteiger partial charge in [0, 0.05) is 5.69 Å². The summed E-state index contributed by atoms with van der Waals surface area (Å²) in [6.07, 6.45) is -0.568. The third-order valence-electron chi connectivity index (χ3n) is 2.03. The predicted octanol–water partition coefficient (Wildman–Crippen LogP) is 2.25. The summed E-state index contributed by atoms with van der Waals surface area (Å²) in [4.78, 5) is 11.0. The number of hydrogen-bond acceptors (Lipinski definition) is 3. The number of carbonyl (C=O) groups excluding carboxylic acids is 1. The van der Waals surface area contributed by atoms with E-state index in [4.69, 9.17) is 12.2 Å². The fourth-order valence-corrected chi connectivity index (χ4v) is 1.65. The Kier molecular flexibility index (Phi) is 5.38. The van der Waals surface area contributed by atoms with Gasteiger partial charge in [-0.3, -0.25) is 5.43 Å². The summed E-state index contributed by atoms with van der Waals surface area (Å²) < 4.78 is 4.68. The second kappa shape index (κ2) is 6.80. The van der Waals surface area contributed by atoms with E-state index in [9.17, 15) is 4.79 Å². The summed E-state index contributed by atoms with van der Waals surface area (Å²) in [5, 5.41) is 3.27. The molecule has 0 radical (unpaired) electrons. The molecular weight excluding hydrogens is 250 g/mol. The standard InChI is InChI=1S/C12H17N3O2S/c1-4-17-12(16)15-14-11(18)13-10-6-8(2)5-9(3)7-10/h5-7H,4H2,1-3H3,(H,15,16)(H2,13,14,18). The van der Waals surface area contributed by atoms with E-state index >= 15 is 0 Å². The van der Waals surface area contributed by atoms with Crippen molar-refractivity contribution in [2.24, 2.45) is 0 Å². The number of hydrogen-bond donors (Lipinski definition) is 3. The maximum absolute atomic E-state index is 11.0. The maximum atomic E-state index is 11.0. The van der Waals surface area contributed by atoms with Crippen LogP contribution in [0.15, 0.2) is 18.2 Å². The van der Waals surface area contributed by atoms with Gasteiger partial charge in [0.1, 0.15) is 0 Å². The van der Waals surface area contributed by atoms with Crippen LogP contribution in [0.1, 0.15) is 18.1 Å². The smallest absolute Gasteiger partial charge is 0.425 e. The van der Waals surface area contributed by atoms with Crippen LogP contribution in [0.5, 0.6) is 0 Å². The highest BCUT2D eigenvalue weighted by molar-refractivity contribution is 7.80. The number of amides is 1. The Bertz CT molecular complexity index is 429. The zero-order valence-electron chi connectivity index (χ0n) is 10.7. The number of carbonyl (C=O) groups is 1. The van der Waals surface area contributed by atoms with Crippen molar-refractivity contribution in [2.75, 3.05) is 11.9 Å². The van der Waals surface area contributed by atoms with E-state index in [1.54, 1.807) is 6.92 Å². The van der Waals surface area contributed by atoms with Gasteiger partial charge in [-0.15, -0.1) is 0 Å². The fraction of sp³-hybridized carbons (Fsp3) is 0.333.